The third-order valence-electron chi connectivity index (χ3n) is 4.80. The normalized spacial score (nSPS) is 21.1. The lowest BCUT2D eigenvalue weighted by atomic mass is 10.1. The molecule has 0 spiro atoms. The van der Waals surface area contributed by atoms with E-state index in [-0.39, 0.29) is 24.2 Å². The van der Waals surface area contributed by atoms with Crippen LogP contribution in [0, 0.1) is 0 Å². The fourth-order valence-electron chi connectivity index (χ4n) is 3.51. The van der Waals surface area contributed by atoms with Gasteiger partial charge in [0.05, 0.1) is 6.54 Å². The number of nitrogens with zero attached hydrogens (tertiary/aromatic N) is 2. The molecule has 0 bridgehead atoms. The van der Waals surface area contributed by atoms with Gasteiger partial charge in [0.1, 0.15) is 0 Å². The Bertz CT molecular complexity index is 610. The first-order chi connectivity index (χ1) is 11.7. The Balaban J connectivity index is 0.00000225. The smallest absolute Gasteiger partial charge is 0.238 e. The molecule has 0 aromatic heterocycles. The van der Waals surface area contributed by atoms with E-state index in [0.717, 1.165) is 43.9 Å². The zero-order valence-corrected chi connectivity index (χ0v) is 15.5. The SMILES string of the molecule is CNC1CCCN(CC(=O)Nc2cccc(N3CCCC3=O)c2)C1.Cl. The van der Waals surface area contributed by atoms with Gasteiger partial charge >= 0.3 is 0 Å². The summed E-state index contributed by atoms with van der Waals surface area (Å²) in [6, 6.07) is 8.02. The molecule has 1 unspecified atom stereocenters. The van der Waals surface area contributed by atoms with Crippen LogP contribution in [-0.2, 0) is 9.59 Å². The number of likely N-dealkylation sites (N-methyl/N-ethyl adjacent to an activating group) is 1. The second-order valence-corrected chi connectivity index (χ2v) is 6.61. The van der Waals surface area contributed by atoms with Gasteiger partial charge in [0.2, 0.25) is 11.8 Å². The predicted molar refractivity (Wildman–Crippen MR) is 102 cm³/mol. The monoisotopic (exact) mass is 366 g/mol. The maximum atomic E-state index is 12.3. The molecular weight excluding hydrogens is 340 g/mol. The van der Waals surface area contributed by atoms with E-state index < -0.39 is 0 Å². The topological polar surface area (TPSA) is 64.7 Å². The number of hydrogen-bond donors (Lipinski definition) is 2. The molecule has 2 aliphatic rings. The summed E-state index contributed by atoms with van der Waals surface area (Å²) in [6.07, 6.45) is 3.79. The van der Waals surface area contributed by atoms with E-state index in [2.05, 4.69) is 15.5 Å². The highest BCUT2D eigenvalue weighted by atomic mass is 35.5. The number of anilines is 2. The summed E-state index contributed by atoms with van der Waals surface area (Å²) in [5.74, 6) is 0.154. The Kier molecular flexibility index (Phi) is 7.23. The number of halogens is 1. The van der Waals surface area contributed by atoms with E-state index in [9.17, 15) is 9.59 Å². The molecule has 25 heavy (non-hydrogen) atoms. The van der Waals surface area contributed by atoms with E-state index in [1.807, 2.05) is 31.3 Å². The van der Waals surface area contributed by atoms with Crippen molar-refractivity contribution in [3.63, 3.8) is 0 Å². The summed E-state index contributed by atoms with van der Waals surface area (Å²) in [6.45, 7) is 3.04. The van der Waals surface area contributed by atoms with E-state index in [1.165, 1.54) is 6.42 Å². The minimum absolute atomic E-state index is 0. The Morgan fingerprint density at radius 2 is 2.12 bits per heavy atom. The average molecular weight is 367 g/mol. The molecular formula is C18H27ClN4O2. The van der Waals surface area contributed by atoms with Crippen LogP contribution in [0.2, 0.25) is 0 Å². The third kappa shape index (κ3) is 5.17. The summed E-state index contributed by atoms with van der Waals surface area (Å²) < 4.78 is 0. The van der Waals surface area contributed by atoms with Gasteiger partial charge in [-0.2, -0.15) is 0 Å². The van der Waals surface area contributed by atoms with Crippen molar-refractivity contribution in [2.24, 2.45) is 0 Å². The molecule has 138 valence electrons. The van der Waals surface area contributed by atoms with Crippen LogP contribution in [-0.4, -0.2) is 56.0 Å². The number of likely N-dealkylation sites (tertiary alicyclic amines) is 1. The Hall–Kier alpha value is -1.63. The minimum atomic E-state index is -0.00310. The van der Waals surface area contributed by atoms with Gasteiger partial charge in [-0.3, -0.25) is 14.5 Å². The van der Waals surface area contributed by atoms with Crippen molar-refractivity contribution in [3.8, 4) is 0 Å². The summed E-state index contributed by atoms with van der Waals surface area (Å²) >= 11 is 0. The minimum Gasteiger partial charge on any atom is -0.325 e. The van der Waals surface area contributed by atoms with Crippen molar-refractivity contribution in [2.75, 3.05) is 43.4 Å². The summed E-state index contributed by atoms with van der Waals surface area (Å²) in [5.41, 5.74) is 1.61. The van der Waals surface area contributed by atoms with Gasteiger partial charge in [-0.1, -0.05) is 6.07 Å². The van der Waals surface area contributed by atoms with Crippen LogP contribution < -0.4 is 15.5 Å². The van der Waals surface area contributed by atoms with Crippen LogP contribution >= 0.6 is 12.4 Å². The molecule has 3 rings (SSSR count). The summed E-state index contributed by atoms with van der Waals surface area (Å²) in [7, 11) is 1.97. The molecule has 2 aliphatic heterocycles. The number of amides is 2. The fourth-order valence-corrected chi connectivity index (χ4v) is 3.51. The molecule has 2 amide bonds. The van der Waals surface area contributed by atoms with E-state index >= 15 is 0 Å². The quantitative estimate of drug-likeness (QED) is 0.834. The molecule has 1 atom stereocenters. The molecule has 2 heterocycles. The van der Waals surface area contributed by atoms with E-state index in [1.54, 1.807) is 4.90 Å². The molecule has 0 saturated carbocycles. The van der Waals surface area contributed by atoms with E-state index in [0.29, 0.717) is 19.0 Å². The fraction of sp³-hybridized carbons (Fsp3) is 0.556. The van der Waals surface area contributed by atoms with Crippen molar-refractivity contribution >= 4 is 35.6 Å². The van der Waals surface area contributed by atoms with Crippen LogP contribution in [0.5, 0.6) is 0 Å². The molecule has 2 saturated heterocycles. The maximum Gasteiger partial charge on any atom is 0.238 e. The number of carbonyl (C=O) groups is 2. The molecule has 2 N–H and O–H groups in total. The second-order valence-electron chi connectivity index (χ2n) is 6.61. The Morgan fingerprint density at radius 1 is 1.28 bits per heavy atom. The molecule has 1 aromatic carbocycles. The van der Waals surface area contributed by atoms with Gasteiger partial charge in [-0.15, -0.1) is 12.4 Å². The van der Waals surface area contributed by atoms with Crippen LogP contribution in [0.25, 0.3) is 0 Å². The first-order valence-corrected chi connectivity index (χ1v) is 8.75. The molecule has 7 heteroatoms. The number of nitrogens with one attached hydrogen (secondary N) is 2. The molecule has 1 aromatic rings. The first-order valence-electron chi connectivity index (χ1n) is 8.75. The third-order valence-corrected chi connectivity index (χ3v) is 4.80. The number of piperidine rings is 1. The lowest BCUT2D eigenvalue weighted by molar-refractivity contribution is -0.118. The van der Waals surface area contributed by atoms with Crippen molar-refractivity contribution in [3.05, 3.63) is 24.3 Å². The van der Waals surface area contributed by atoms with Gasteiger partial charge in [-0.25, -0.2) is 0 Å². The zero-order valence-electron chi connectivity index (χ0n) is 14.7. The largest absolute Gasteiger partial charge is 0.325 e. The molecule has 0 aliphatic carbocycles. The Labute approximate surface area is 155 Å². The van der Waals surface area contributed by atoms with Crippen molar-refractivity contribution in [1.29, 1.82) is 0 Å². The van der Waals surface area contributed by atoms with Crippen LogP contribution in [0.1, 0.15) is 25.7 Å². The van der Waals surface area contributed by atoms with Gasteiger partial charge in [0.15, 0.2) is 0 Å². The number of rotatable bonds is 5. The highest BCUT2D eigenvalue weighted by Crippen LogP contribution is 2.24. The highest BCUT2D eigenvalue weighted by molar-refractivity contribution is 5.97. The van der Waals surface area contributed by atoms with Crippen LogP contribution in [0.15, 0.2) is 24.3 Å². The summed E-state index contributed by atoms with van der Waals surface area (Å²) in [4.78, 5) is 28.2. The Morgan fingerprint density at radius 3 is 2.84 bits per heavy atom. The lowest BCUT2D eigenvalue weighted by Crippen LogP contribution is -2.46. The average Bonchev–Trinajstić information content (AvgIpc) is 3.01. The number of carbonyl (C=O) groups excluding carboxylic acids is 2. The number of hydrogen-bond acceptors (Lipinski definition) is 4. The predicted octanol–water partition coefficient (Wildman–Crippen LogP) is 1.86. The number of benzene rings is 1. The van der Waals surface area contributed by atoms with Crippen molar-refractivity contribution in [2.45, 2.75) is 31.7 Å². The standard InChI is InChI=1S/C18H26N4O2.ClH/c1-19-15-6-3-9-21(12-15)13-17(23)20-14-5-2-7-16(11-14)22-10-4-8-18(22)24;/h2,5,7,11,15,19H,3-4,6,8-10,12-13H2,1H3,(H,20,23);1H. The highest BCUT2D eigenvalue weighted by Gasteiger charge is 2.22. The van der Waals surface area contributed by atoms with Gasteiger partial charge in [0.25, 0.3) is 0 Å². The van der Waals surface area contributed by atoms with Gasteiger partial charge in [0, 0.05) is 36.9 Å². The lowest BCUT2D eigenvalue weighted by Gasteiger charge is -2.31. The molecule has 2 fully saturated rings. The van der Waals surface area contributed by atoms with Crippen LogP contribution in [0.3, 0.4) is 0 Å². The zero-order chi connectivity index (χ0) is 16.9. The van der Waals surface area contributed by atoms with Crippen LogP contribution in [0.4, 0.5) is 11.4 Å². The molecule has 6 nitrogen and oxygen atoms in total. The first kappa shape index (κ1) is 19.7. The van der Waals surface area contributed by atoms with Crippen molar-refractivity contribution in [1.82, 2.24) is 10.2 Å². The van der Waals surface area contributed by atoms with Gasteiger partial charge < -0.3 is 15.5 Å². The van der Waals surface area contributed by atoms with Crippen molar-refractivity contribution < 1.29 is 9.59 Å². The maximum absolute atomic E-state index is 12.3. The molecule has 0 radical (unpaired) electrons. The summed E-state index contributed by atoms with van der Waals surface area (Å²) in [5, 5.41) is 6.25. The van der Waals surface area contributed by atoms with Gasteiger partial charge in [-0.05, 0) is 51.1 Å². The second kappa shape index (κ2) is 9.17. The van der Waals surface area contributed by atoms with E-state index in [4.69, 9.17) is 0 Å².